The van der Waals surface area contributed by atoms with E-state index in [9.17, 15) is 13.6 Å². The van der Waals surface area contributed by atoms with Crippen molar-refractivity contribution in [1.29, 1.82) is 0 Å². The van der Waals surface area contributed by atoms with Crippen molar-refractivity contribution in [3.63, 3.8) is 0 Å². The normalized spacial score (nSPS) is 10.3. The van der Waals surface area contributed by atoms with Crippen LogP contribution in [0.3, 0.4) is 0 Å². The Bertz CT molecular complexity index is 644. The predicted octanol–water partition coefficient (Wildman–Crippen LogP) is 4.22. The minimum atomic E-state index is -1.14. The van der Waals surface area contributed by atoms with Crippen LogP contribution in [0.2, 0.25) is 0 Å². The Kier molecular flexibility index (Phi) is 3.80. The van der Waals surface area contributed by atoms with E-state index in [-0.39, 0.29) is 17.1 Å². The number of aromatic carboxylic acids is 1. The van der Waals surface area contributed by atoms with E-state index in [1.165, 1.54) is 30.3 Å². The monoisotopic (exact) mass is 328 g/mol. The average molecular weight is 329 g/mol. The van der Waals surface area contributed by atoms with E-state index < -0.39 is 17.6 Å². The van der Waals surface area contributed by atoms with Crippen LogP contribution < -0.4 is 4.74 Å². The second-order valence-corrected chi connectivity index (χ2v) is 4.55. The Hall–Kier alpha value is -1.95. The number of carbonyl (C=O) groups is 1. The number of benzene rings is 2. The van der Waals surface area contributed by atoms with Crippen LogP contribution in [0.15, 0.2) is 40.9 Å². The molecule has 0 amide bonds. The first-order valence-corrected chi connectivity index (χ1v) is 5.92. The van der Waals surface area contributed by atoms with Gasteiger partial charge >= 0.3 is 5.97 Å². The van der Waals surface area contributed by atoms with Crippen molar-refractivity contribution in [2.75, 3.05) is 0 Å². The van der Waals surface area contributed by atoms with Crippen molar-refractivity contribution in [3.05, 3.63) is 58.1 Å². The Balaban J connectivity index is 2.36. The van der Waals surface area contributed by atoms with Crippen molar-refractivity contribution in [3.8, 4) is 11.5 Å². The molecule has 0 aliphatic rings. The summed E-state index contributed by atoms with van der Waals surface area (Å²) >= 11 is 3.02. The summed E-state index contributed by atoms with van der Waals surface area (Å²) in [5.74, 6) is -3.54. The molecule has 0 aliphatic heterocycles. The van der Waals surface area contributed by atoms with Gasteiger partial charge in [-0.15, -0.1) is 0 Å². The lowest BCUT2D eigenvalue weighted by atomic mass is 10.2. The molecule has 2 rings (SSSR count). The number of carboxylic acid groups (broad SMARTS) is 1. The zero-order valence-corrected chi connectivity index (χ0v) is 10.9. The van der Waals surface area contributed by atoms with Crippen LogP contribution in [0.4, 0.5) is 8.78 Å². The number of rotatable bonds is 3. The Labute approximate surface area is 115 Å². The summed E-state index contributed by atoms with van der Waals surface area (Å²) in [4.78, 5) is 10.8. The van der Waals surface area contributed by atoms with E-state index in [1.807, 2.05) is 0 Å². The van der Waals surface area contributed by atoms with E-state index in [0.717, 1.165) is 6.07 Å². The first-order valence-electron chi connectivity index (χ1n) is 5.13. The molecule has 6 heteroatoms. The van der Waals surface area contributed by atoms with Gasteiger partial charge in [-0.05, 0) is 30.3 Å². The molecule has 2 aromatic rings. The molecule has 3 nitrogen and oxygen atoms in total. The van der Waals surface area contributed by atoms with Gasteiger partial charge in [0.15, 0.2) is 11.6 Å². The van der Waals surface area contributed by atoms with Crippen LogP contribution in [0.25, 0.3) is 0 Å². The highest BCUT2D eigenvalue weighted by atomic mass is 79.9. The largest absolute Gasteiger partial charge is 0.478 e. The molecular formula is C13H7BrF2O3. The fourth-order valence-electron chi connectivity index (χ4n) is 1.43. The highest BCUT2D eigenvalue weighted by Gasteiger charge is 2.13. The number of hydrogen-bond donors (Lipinski definition) is 1. The van der Waals surface area contributed by atoms with E-state index in [0.29, 0.717) is 4.47 Å². The molecule has 0 atom stereocenters. The molecule has 0 bridgehead atoms. The Morgan fingerprint density at radius 3 is 2.63 bits per heavy atom. The Morgan fingerprint density at radius 1 is 1.21 bits per heavy atom. The van der Waals surface area contributed by atoms with Gasteiger partial charge in [0.05, 0.1) is 5.56 Å². The molecule has 98 valence electrons. The van der Waals surface area contributed by atoms with Crippen molar-refractivity contribution in [2.24, 2.45) is 0 Å². The summed E-state index contributed by atoms with van der Waals surface area (Å²) in [6.07, 6.45) is 0. The molecule has 0 aromatic heterocycles. The number of carboxylic acids is 1. The lowest BCUT2D eigenvalue weighted by Crippen LogP contribution is -1.97. The van der Waals surface area contributed by atoms with Crippen molar-refractivity contribution in [2.45, 2.75) is 0 Å². The highest BCUT2D eigenvalue weighted by Crippen LogP contribution is 2.29. The lowest BCUT2D eigenvalue weighted by molar-refractivity contribution is 0.0696. The third-order valence-electron chi connectivity index (χ3n) is 2.27. The molecule has 2 aromatic carbocycles. The van der Waals surface area contributed by atoms with E-state index >= 15 is 0 Å². The maximum absolute atomic E-state index is 13.5. The summed E-state index contributed by atoms with van der Waals surface area (Å²) in [5, 5.41) is 8.82. The summed E-state index contributed by atoms with van der Waals surface area (Å²) < 4.78 is 32.1. The molecule has 0 fully saturated rings. The minimum Gasteiger partial charge on any atom is -0.478 e. The number of hydrogen-bond acceptors (Lipinski definition) is 2. The topological polar surface area (TPSA) is 46.5 Å². The smallest absolute Gasteiger partial charge is 0.335 e. The van der Waals surface area contributed by atoms with Crippen LogP contribution in [-0.4, -0.2) is 11.1 Å². The van der Waals surface area contributed by atoms with Crippen LogP contribution in [0.5, 0.6) is 11.5 Å². The third kappa shape index (κ3) is 3.08. The maximum Gasteiger partial charge on any atom is 0.335 e. The molecule has 0 saturated heterocycles. The molecular weight excluding hydrogens is 322 g/mol. The summed E-state index contributed by atoms with van der Waals surface area (Å²) in [6.45, 7) is 0. The molecule has 0 saturated carbocycles. The third-order valence-corrected chi connectivity index (χ3v) is 2.73. The second-order valence-electron chi connectivity index (χ2n) is 3.63. The van der Waals surface area contributed by atoms with Gasteiger partial charge in [-0.3, -0.25) is 0 Å². The van der Waals surface area contributed by atoms with Gasteiger partial charge in [0.1, 0.15) is 5.75 Å². The minimum absolute atomic E-state index is 0.00613. The van der Waals surface area contributed by atoms with E-state index in [4.69, 9.17) is 9.84 Å². The first kappa shape index (κ1) is 13.5. The highest BCUT2D eigenvalue weighted by molar-refractivity contribution is 9.10. The van der Waals surface area contributed by atoms with Crippen molar-refractivity contribution in [1.82, 2.24) is 0 Å². The van der Waals surface area contributed by atoms with Crippen molar-refractivity contribution < 1.29 is 23.4 Å². The standard InChI is InChI=1S/C13H7BrF2O3/c14-8-5-10(15)12(16)11(6-8)19-9-3-1-2-7(4-9)13(17)18/h1-6H,(H,17,18). The quantitative estimate of drug-likeness (QED) is 0.858. The van der Waals surface area contributed by atoms with Gasteiger partial charge < -0.3 is 9.84 Å². The fourth-order valence-corrected chi connectivity index (χ4v) is 1.84. The van der Waals surface area contributed by atoms with Crippen LogP contribution in [-0.2, 0) is 0 Å². The molecule has 1 N–H and O–H groups in total. The molecule has 0 radical (unpaired) electrons. The van der Waals surface area contributed by atoms with Gasteiger partial charge in [0, 0.05) is 4.47 Å². The Morgan fingerprint density at radius 2 is 1.95 bits per heavy atom. The average Bonchev–Trinajstić information content (AvgIpc) is 2.35. The van der Waals surface area contributed by atoms with Crippen LogP contribution >= 0.6 is 15.9 Å². The zero-order valence-electron chi connectivity index (χ0n) is 9.36. The van der Waals surface area contributed by atoms with Gasteiger partial charge in [-0.2, -0.15) is 4.39 Å². The van der Waals surface area contributed by atoms with E-state index in [1.54, 1.807) is 0 Å². The maximum atomic E-state index is 13.5. The molecule has 0 spiro atoms. The zero-order chi connectivity index (χ0) is 14.0. The van der Waals surface area contributed by atoms with Gasteiger partial charge in [0.25, 0.3) is 0 Å². The number of halogens is 3. The first-order chi connectivity index (χ1) is 8.97. The molecule has 0 unspecified atom stereocenters. The van der Waals surface area contributed by atoms with Gasteiger partial charge in [-0.25, -0.2) is 9.18 Å². The van der Waals surface area contributed by atoms with Gasteiger partial charge in [0.2, 0.25) is 5.82 Å². The second kappa shape index (κ2) is 5.36. The lowest BCUT2D eigenvalue weighted by Gasteiger charge is -2.08. The number of ether oxygens (including phenoxy) is 1. The predicted molar refractivity (Wildman–Crippen MR) is 67.5 cm³/mol. The van der Waals surface area contributed by atoms with Crippen molar-refractivity contribution >= 4 is 21.9 Å². The summed E-state index contributed by atoms with van der Waals surface area (Å²) in [5.41, 5.74) is -0.00613. The fraction of sp³-hybridized carbons (Fsp3) is 0. The van der Waals surface area contributed by atoms with Crippen LogP contribution in [0, 0.1) is 11.6 Å². The SMILES string of the molecule is O=C(O)c1cccc(Oc2cc(Br)cc(F)c2F)c1. The molecule has 19 heavy (non-hydrogen) atoms. The van der Waals surface area contributed by atoms with Gasteiger partial charge in [-0.1, -0.05) is 22.0 Å². The summed E-state index contributed by atoms with van der Waals surface area (Å²) in [6, 6.07) is 7.71. The molecule has 0 aliphatic carbocycles. The molecule has 0 heterocycles. The van der Waals surface area contributed by atoms with Crippen LogP contribution in [0.1, 0.15) is 10.4 Å². The van der Waals surface area contributed by atoms with E-state index in [2.05, 4.69) is 15.9 Å². The summed E-state index contributed by atoms with van der Waals surface area (Å²) in [7, 11) is 0.